The molecule has 0 amide bonds. The van der Waals surface area contributed by atoms with Gasteiger partial charge in [0, 0.05) is 24.1 Å². The minimum absolute atomic E-state index is 0.607. The van der Waals surface area contributed by atoms with E-state index < -0.39 is 0 Å². The van der Waals surface area contributed by atoms with E-state index in [-0.39, 0.29) is 0 Å². The first-order valence-corrected chi connectivity index (χ1v) is 4.35. The van der Waals surface area contributed by atoms with Crippen LogP contribution in [0.2, 0.25) is 10.0 Å². The van der Waals surface area contributed by atoms with Crippen LogP contribution in [0.1, 0.15) is 0 Å². The van der Waals surface area contributed by atoms with E-state index in [9.17, 15) is 0 Å². The number of hydrogen-bond donors (Lipinski definition) is 0. The smallest absolute Gasteiger partial charge is 0.0686 e. The SMILES string of the molecule is Cn1ccc2c(Cl)c(Cl)ccc21. The van der Waals surface area contributed by atoms with Gasteiger partial charge in [-0.3, -0.25) is 0 Å². The minimum atomic E-state index is 0.607. The predicted octanol–water partition coefficient (Wildman–Crippen LogP) is 3.49. The topological polar surface area (TPSA) is 4.93 Å². The van der Waals surface area contributed by atoms with E-state index >= 15 is 0 Å². The van der Waals surface area contributed by atoms with Gasteiger partial charge in [0.25, 0.3) is 0 Å². The molecule has 62 valence electrons. The number of nitrogens with zero attached hydrogens (tertiary/aromatic N) is 1. The molecule has 0 fully saturated rings. The van der Waals surface area contributed by atoms with E-state index in [2.05, 4.69) is 0 Å². The Hall–Kier alpha value is -0.660. The fourth-order valence-electron chi connectivity index (χ4n) is 1.29. The van der Waals surface area contributed by atoms with Crippen molar-refractivity contribution in [1.29, 1.82) is 0 Å². The quantitative estimate of drug-likeness (QED) is 0.613. The summed E-state index contributed by atoms with van der Waals surface area (Å²) in [6.07, 6.45) is 1.97. The standard InChI is InChI=1S/C9H7Cl2N/c1-12-5-4-6-8(12)3-2-7(10)9(6)11/h2-5H,1H3. The Morgan fingerprint density at radius 1 is 1.17 bits per heavy atom. The Kier molecular flexibility index (Phi) is 1.78. The van der Waals surface area contributed by atoms with Crippen LogP contribution in [0.15, 0.2) is 24.4 Å². The van der Waals surface area contributed by atoms with Gasteiger partial charge in [0.2, 0.25) is 0 Å². The number of halogens is 2. The molecule has 0 saturated heterocycles. The second-order valence-corrected chi connectivity index (χ2v) is 3.51. The molecule has 3 heteroatoms. The zero-order valence-corrected chi connectivity index (χ0v) is 8.02. The first-order chi connectivity index (χ1) is 5.70. The van der Waals surface area contributed by atoms with E-state index in [1.54, 1.807) is 0 Å². The molecular weight excluding hydrogens is 193 g/mol. The number of fused-ring (bicyclic) bond motifs is 1. The van der Waals surface area contributed by atoms with Crippen molar-refractivity contribution in [3.63, 3.8) is 0 Å². The van der Waals surface area contributed by atoms with Gasteiger partial charge in [-0.15, -0.1) is 0 Å². The predicted molar refractivity (Wildman–Crippen MR) is 52.9 cm³/mol. The van der Waals surface area contributed by atoms with Gasteiger partial charge >= 0.3 is 0 Å². The van der Waals surface area contributed by atoms with Gasteiger partial charge in [-0.2, -0.15) is 0 Å². The summed E-state index contributed by atoms with van der Waals surface area (Å²) in [6.45, 7) is 0. The summed E-state index contributed by atoms with van der Waals surface area (Å²) < 4.78 is 2.01. The Morgan fingerprint density at radius 3 is 2.67 bits per heavy atom. The third kappa shape index (κ3) is 1.01. The lowest BCUT2D eigenvalue weighted by Crippen LogP contribution is -1.82. The van der Waals surface area contributed by atoms with Gasteiger partial charge in [-0.05, 0) is 18.2 Å². The molecule has 2 rings (SSSR count). The van der Waals surface area contributed by atoms with Crippen molar-refractivity contribution in [3.8, 4) is 0 Å². The number of rotatable bonds is 0. The van der Waals surface area contributed by atoms with Crippen LogP contribution >= 0.6 is 23.2 Å². The lowest BCUT2D eigenvalue weighted by Gasteiger charge is -1.98. The van der Waals surface area contributed by atoms with Gasteiger partial charge in [-0.1, -0.05) is 23.2 Å². The maximum Gasteiger partial charge on any atom is 0.0686 e. The summed E-state index contributed by atoms with van der Waals surface area (Å²) in [6, 6.07) is 5.74. The monoisotopic (exact) mass is 199 g/mol. The van der Waals surface area contributed by atoms with Crippen LogP contribution in [0.4, 0.5) is 0 Å². The molecule has 2 aromatic rings. The minimum Gasteiger partial charge on any atom is -0.351 e. The third-order valence-electron chi connectivity index (χ3n) is 1.95. The van der Waals surface area contributed by atoms with Crippen LogP contribution < -0.4 is 0 Å². The zero-order chi connectivity index (χ0) is 8.72. The molecule has 0 saturated carbocycles. The lowest BCUT2D eigenvalue weighted by atomic mass is 10.2. The Morgan fingerprint density at radius 2 is 1.92 bits per heavy atom. The van der Waals surface area contributed by atoms with Crippen LogP contribution in [-0.4, -0.2) is 4.57 Å². The molecule has 0 radical (unpaired) electrons. The van der Waals surface area contributed by atoms with Crippen molar-refractivity contribution in [3.05, 3.63) is 34.4 Å². The van der Waals surface area contributed by atoms with Crippen molar-refractivity contribution >= 4 is 34.1 Å². The molecule has 1 heterocycles. The van der Waals surface area contributed by atoms with Crippen molar-refractivity contribution < 1.29 is 0 Å². The van der Waals surface area contributed by atoms with Crippen LogP contribution in [0.3, 0.4) is 0 Å². The van der Waals surface area contributed by atoms with E-state index in [0.717, 1.165) is 10.9 Å². The molecule has 1 nitrogen and oxygen atoms in total. The fourth-order valence-corrected chi connectivity index (χ4v) is 1.68. The van der Waals surface area contributed by atoms with E-state index in [4.69, 9.17) is 23.2 Å². The van der Waals surface area contributed by atoms with E-state index in [1.807, 2.05) is 36.0 Å². The Labute approximate surface area is 80.5 Å². The second-order valence-electron chi connectivity index (χ2n) is 2.72. The molecule has 0 aliphatic carbocycles. The summed E-state index contributed by atoms with van der Waals surface area (Å²) in [5, 5.41) is 2.25. The Balaban J connectivity index is 2.93. The zero-order valence-electron chi connectivity index (χ0n) is 6.51. The average molecular weight is 200 g/mol. The number of benzene rings is 1. The van der Waals surface area contributed by atoms with Crippen molar-refractivity contribution in [2.24, 2.45) is 7.05 Å². The molecule has 1 aromatic carbocycles. The molecule has 0 aliphatic heterocycles. The molecule has 12 heavy (non-hydrogen) atoms. The number of hydrogen-bond acceptors (Lipinski definition) is 0. The summed E-state index contributed by atoms with van der Waals surface area (Å²) in [5.74, 6) is 0. The van der Waals surface area contributed by atoms with Gasteiger partial charge in [-0.25, -0.2) is 0 Å². The van der Waals surface area contributed by atoms with Crippen molar-refractivity contribution in [2.45, 2.75) is 0 Å². The molecule has 0 aliphatic rings. The van der Waals surface area contributed by atoms with Gasteiger partial charge in [0.05, 0.1) is 10.0 Å². The highest BCUT2D eigenvalue weighted by Gasteiger charge is 2.04. The molecule has 0 N–H and O–H groups in total. The van der Waals surface area contributed by atoms with Crippen molar-refractivity contribution in [1.82, 2.24) is 4.57 Å². The van der Waals surface area contributed by atoms with Crippen LogP contribution in [-0.2, 0) is 7.05 Å². The molecular formula is C9H7Cl2N. The molecule has 0 atom stereocenters. The molecule has 1 aromatic heterocycles. The van der Waals surface area contributed by atoms with E-state index in [1.165, 1.54) is 0 Å². The van der Waals surface area contributed by atoms with Gasteiger partial charge in [0.15, 0.2) is 0 Å². The highest BCUT2D eigenvalue weighted by atomic mass is 35.5. The molecule has 0 unspecified atom stereocenters. The summed E-state index contributed by atoms with van der Waals surface area (Å²) in [7, 11) is 1.98. The van der Waals surface area contributed by atoms with E-state index in [0.29, 0.717) is 10.0 Å². The van der Waals surface area contributed by atoms with Gasteiger partial charge < -0.3 is 4.57 Å². The first kappa shape index (κ1) is 7.96. The van der Waals surface area contributed by atoms with Crippen LogP contribution in [0.5, 0.6) is 0 Å². The molecule has 0 spiro atoms. The molecule has 0 bridgehead atoms. The summed E-state index contributed by atoms with van der Waals surface area (Å²) in [5.41, 5.74) is 1.10. The van der Waals surface area contributed by atoms with Crippen LogP contribution in [0.25, 0.3) is 10.9 Å². The highest BCUT2D eigenvalue weighted by Crippen LogP contribution is 2.30. The highest BCUT2D eigenvalue weighted by molar-refractivity contribution is 6.45. The number of aryl methyl sites for hydroxylation is 1. The third-order valence-corrected chi connectivity index (χ3v) is 2.77. The maximum atomic E-state index is 5.99. The second kappa shape index (κ2) is 2.68. The van der Waals surface area contributed by atoms with Crippen LogP contribution in [0, 0.1) is 0 Å². The summed E-state index contributed by atoms with van der Waals surface area (Å²) in [4.78, 5) is 0. The maximum absolute atomic E-state index is 5.99. The lowest BCUT2D eigenvalue weighted by molar-refractivity contribution is 0.969. The Bertz CT molecular complexity index is 431. The largest absolute Gasteiger partial charge is 0.351 e. The van der Waals surface area contributed by atoms with Gasteiger partial charge in [0.1, 0.15) is 0 Å². The normalized spacial score (nSPS) is 10.9. The summed E-state index contributed by atoms with van der Waals surface area (Å²) >= 11 is 11.8. The first-order valence-electron chi connectivity index (χ1n) is 3.59. The number of aromatic nitrogens is 1. The average Bonchev–Trinajstić information content (AvgIpc) is 2.41. The fraction of sp³-hybridized carbons (Fsp3) is 0.111. The van der Waals surface area contributed by atoms with Crippen molar-refractivity contribution in [2.75, 3.05) is 0 Å².